The van der Waals surface area contributed by atoms with Gasteiger partial charge in [0.1, 0.15) is 0 Å². The summed E-state index contributed by atoms with van der Waals surface area (Å²) in [5, 5.41) is 3.52. The summed E-state index contributed by atoms with van der Waals surface area (Å²) in [5.74, 6) is 0. The van der Waals surface area contributed by atoms with E-state index >= 15 is 0 Å². The Hall–Kier alpha value is -0.0800. The molecule has 1 rings (SSSR count). The molecule has 78 valence electrons. The van der Waals surface area contributed by atoms with E-state index in [-0.39, 0.29) is 0 Å². The highest BCUT2D eigenvalue weighted by atomic mass is 14.9. The van der Waals surface area contributed by atoms with Gasteiger partial charge in [-0.15, -0.1) is 0 Å². The second-order valence-electron chi connectivity index (χ2n) is 4.69. The molecule has 0 radical (unpaired) electrons. The minimum absolute atomic E-state index is 0.342. The molecule has 2 heteroatoms. The summed E-state index contributed by atoms with van der Waals surface area (Å²) in [5.41, 5.74) is 6.36. The van der Waals surface area contributed by atoms with E-state index in [2.05, 4.69) is 19.2 Å². The van der Waals surface area contributed by atoms with Crippen LogP contribution in [0, 0.1) is 5.41 Å². The summed E-state index contributed by atoms with van der Waals surface area (Å²) in [7, 11) is 0. The van der Waals surface area contributed by atoms with Crippen LogP contribution in [-0.2, 0) is 0 Å². The zero-order valence-electron chi connectivity index (χ0n) is 9.10. The molecule has 2 nitrogen and oxygen atoms in total. The van der Waals surface area contributed by atoms with E-state index in [1.165, 1.54) is 32.2 Å². The van der Waals surface area contributed by atoms with Crippen molar-refractivity contribution >= 4 is 0 Å². The standard InChI is InChI=1S/C11H24N2/c1-3-5-11(6-7-11)9-13-8-4-10(2)12/h10,13H,3-9,12H2,1-2H3. The van der Waals surface area contributed by atoms with Crippen LogP contribution in [-0.4, -0.2) is 19.1 Å². The number of hydrogen-bond donors (Lipinski definition) is 2. The number of nitrogens with one attached hydrogen (secondary N) is 1. The second kappa shape index (κ2) is 4.97. The molecule has 0 bridgehead atoms. The number of rotatable bonds is 7. The van der Waals surface area contributed by atoms with Gasteiger partial charge in [-0.2, -0.15) is 0 Å². The minimum atomic E-state index is 0.342. The van der Waals surface area contributed by atoms with Gasteiger partial charge in [-0.1, -0.05) is 13.3 Å². The molecule has 0 aromatic heterocycles. The lowest BCUT2D eigenvalue weighted by Crippen LogP contribution is -2.28. The Bertz CT molecular complexity index is 139. The molecule has 3 N–H and O–H groups in total. The van der Waals surface area contributed by atoms with Gasteiger partial charge >= 0.3 is 0 Å². The fourth-order valence-electron chi connectivity index (χ4n) is 1.91. The van der Waals surface area contributed by atoms with E-state index in [0.29, 0.717) is 11.5 Å². The summed E-state index contributed by atoms with van der Waals surface area (Å²) in [6.07, 6.45) is 6.70. The molecule has 0 spiro atoms. The van der Waals surface area contributed by atoms with Crippen LogP contribution in [0.4, 0.5) is 0 Å². The highest BCUT2D eigenvalue weighted by molar-refractivity contribution is 4.94. The molecule has 0 amide bonds. The molecule has 1 aliphatic carbocycles. The van der Waals surface area contributed by atoms with Gasteiger partial charge in [0.15, 0.2) is 0 Å². The summed E-state index contributed by atoms with van der Waals surface area (Å²) < 4.78 is 0. The molecule has 0 heterocycles. The predicted molar refractivity (Wildman–Crippen MR) is 57.7 cm³/mol. The topological polar surface area (TPSA) is 38.0 Å². The Kier molecular flexibility index (Phi) is 4.20. The lowest BCUT2D eigenvalue weighted by atomic mass is 10.0. The van der Waals surface area contributed by atoms with E-state index in [9.17, 15) is 0 Å². The smallest absolute Gasteiger partial charge is 0.00225 e. The van der Waals surface area contributed by atoms with Crippen molar-refractivity contribution in [3.05, 3.63) is 0 Å². The fraction of sp³-hybridized carbons (Fsp3) is 1.00. The van der Waals surface area contributed by atoms with Gasteiger partial charge in [0.05, 0.1) is 0 Å². The minimum Gasteiger partial charge on any atom is -0.328 e. The quantitative estimate of drug-likeness (QED) is 0.593. The van der Waals surface area contributed by atoms with Crippen molar-refractivity contribution in [2.24, 2.45) is 11.1 Å². The molecule has 0 saturated heterocycles. The molecule has 1 aliphatic rings. The van der Waals surface area contributed by atoms with Crippen LogP contribution in [0.3, 0.4) is 0 Å². The van der Waals surface area contributed by atoms with Gasteiger partial charge in [-0.25, -0.2) is 0 Å². The third-order valence-corrected chi connectivity index (χ3v) is 3.01. The van der Waals surface area contributed by atoms with Crippen molar-refractivity contribution in [3.63, 3.8) is 0 Å². The van der Waals surface area contributed by atoms with Gasteiger partial charge in [0, 0.05) is 12.6 Å². The van der Waals surface area contributed by atoms with Crippen molar-refractivity contribution in [1.82, 2.24) is 5.32 Å². The summed E-state index contributed by atoms with van der Waals surface area (Å²) in [6.45, 7) is 6.65. The SMILES string of the molecule is CCCC1(CNCCC(C)N)CC1. The van der Waals surface area contributed by atoms with Crippen molar-refractivity contribution in [3.8, 4) is 0 Å². The Balaban J connectivity index is 1.99. The Morgan fingerprint density at radius 1 is 1.46 bits per heavy atom. The lowest BCUT2D eigenvalue weighted by molar-refractivity contribution is 0.415. The molecule has 1 fully saturated rings. The third-order valence-electron chi connectivity index (χ3n) is 3.01. The highest BCUT2D eigenvalue weighted by Gasteiger charge is 2.40. The Morgan fingerprint density at radius 3 is 2.62 bits per heavy atom. The van der Waals surface area contributed by atoms with Gasteiger partial charge in [0.25, 0.3) is 0 Å². The highest BCUT2D eigenvalue weighted by Crippen LogP contribution is 2.48. The van der Waals surface area contributed by atoms with Crippen LogP contribution < -0.4 is 11.1 Å². The van der Waals surface area contributed by atoms with E-state index in [1.54, 1.807) is 0 Å². The average Bonchev–Trinajstić information content (AvgIpc) is 2.80. The molecule has 0 aliphatic heterocycles. The normalized spacial score (nSPS) is 21.5. The van der Waals surface area contributed by atoms with Crippen molar-refractivity contribution in [1.29, 1.82) is 0 Å². The van der Waals surface area contributed by atoms with Crippen LogP contribution in [0.25, 0.3) is 0 Å². The average molecular weight is 184 g/mol. The summed E-state index contributed by atoms with van der Waals surface area (Å²) in [4.78, 5) is 0. The zero-order chi connectivity index (χ0) is 9.73. The first kappa shape index (κ1) is 11.0. The Morgan fingerprint density at radius 2 is 2.15 bits per heavy atom. The molecular weight excluding hydrogens is 160 g/mol. The van der Waals surface area contributed by atoms with E-state index < -0.39 is 0 Å². The van der Waals surface area contributed by atoms with Crippen LogP contribution in [0.15, 0.2) is 0 Å². The van der Waals surface area contributed by atoms with Gasteiger partial charge in [-0.3, -0.25) is 0 Å². The van der Waals surface area contributed by atoms with Gasteiger partial charge in [-0.05, 0) is 44.6 Å². The zero-order valence-corrected chi connectivity index (χ0v) is 9.10. The first-order valence-electron chi connectivity index (χ1n) is 5.65. The Labute approximate surface area is 82.3 Å². The summed E-state index contributed by atoms with van der Waals surface area (Å²) >= 11 is 0. The third kappa shape index (κ3) is 4.10. The fourth-order valence-corrected chi connectivity index (χ4v) is 1.91. The van der Waals surface area contributed by atoms with Gasteiger partial charge < -0.3 is 11.1 Å². The first-order valence-corrected chi connectivity index (χ1v) is 5.65. The van der Waals surface area contributed by atoms with E-state index in [0.717, 1.165) is 13.0 Å². The molecule has 1 saturated carbocycles. The molecular formula is C11H24N2. The number of hydrogen-bond acceptors (Lipinski definition) is 2. The van der Waals surface area contributed by atoms with Crippen molar-refractivity contribution in [2.45, 2.75) is 52.0 Å². The van der Waals surface area contributed by atoms with Crippen LogP contribution >= 0.6 is 0 Å². The largest absolute Gasteiger partial charge is 0.328 e. The van der Waals surface area contributed by atoms with Crippen LogP contribution in [0.2, 0.25) is 0 Å². The maximum atomic E-state index is 5.68. The molecule has 0 aromatic rings. The predicted octanol–water partition coefficient (Wildman–Crippen LogP) is 1.89. The number of nitrogens with two attached hydrogens (primary N) is 1. The molecule has 1 unspecified atom stereocenters. The lowest BCUT2D eigenvalue weighted by Gasteiger charge is -2.15. The molecule has 13 heavy (non-hydrogen) atoms. The van der Waals surface area contributed by atoms with E-state index in [4.69, 9.17) is 5.73 Å². The monoisotopic (exact) mass is 184 g/mol. The van der Waals surface area contributed by atoms with Crippen LogP contribution in [0.5, 0.6) is 0 Å². The first-order chi connectivity index (χ1) is 6.18. The second-order valence-corrected chi connectivity index (χ2v) is 4.69. The van der Waals surface area contributed by atoms with E-state index in [1.807, 2.05) is 0 Å². The van der Waals surface area contributed by atoms with Crippen molar-refractivity contribution in [2.75, 3.05) is 13.1 Å². The van der Waals surface area contributed by atoms with Crippen molar-refractivity contribution < 1.29 is 0 Å². The summed E-state index contributed by atoms with van der Waals surface area (Å²) in [6, 6.07) is 0.342. The maximum Gasteiger partial charge on any atom is 0.00225 e. The van der Waals surface area contributed by atoms with Crippen LogP contribution in [0.1, 0.15) is 46.0 Å². The van der Waals surface area contributed by atoms with Gasteiger partial charge in [0.2, 0.25) is 0 Å². The maximum absolute atomic E-state index is 5.68. The molecule has 1 atom stereocenters. The molecule has 0 aromatic carbocycles.